The summed E-state index contributed by atoms with van der Waals surface area (Å²) in [5.74, 6) is 0.237. The highest BCUT2D eigenvalue weighted by Crippen LogP contribution is 2.20. The van der Waals surface area contributed by atoms with Crippen LogP contribution >= 0.6 is 0 Å². The zero-order chi connectivity index (χ0) is 17.8. The molecule has 1 aliphatic heterocycles. The first-order valence-electron chi connectivity index (χ1n) is 9.01. The number of carbonyl (C=O) groups excluding carboxylic acids is 1. The van der Waals surface area contributed by atoms with E-state index in [2.05, 4.69) is 12.0 Å². The van der Waals surface area contributed by atoms with Gasteiger partial charge in [-0.2, -0.15) is 5.10 Å². The maximum absolute atomic E-state index is 12.5. The van der Waals surface area contributed by atoms with Crippen LogP contribution in [0.5, 0.6) is 0 Å². The Balaban J connectivity index is 1.64. The Morgan fingerprint density at radius 1 is 1.20 bits per heavy atom. The fourth-order valence-electron chi connectivity index (χ4n) is 3.59. The second-order valence-corrected chi connectivity index (χ2v) is 6.71. The fourth-order valence-corrected chi connectivity index (χ4v) is 3.59. The van der Waals surface area contributed by atoms with Crippen LogP contribution in [0.25, 0.3) is 5.69 Å². The third kappa shape index (κ3) is 3.93. The van der Waals surface area contributed by atoms with Gasteiger partial charge in [-0.05, 0) is 50.8 Å². The molecule has 0 bridgehead atoms. The number of benzene rings is 1. The van der Waals surface area contributed by atoms with Crippen molar-refractivity contribution in [1.29, 1.82) is 0 Å². The van der Waals surface area contributed by atoms with Gasteiger partial charge in [0, 0.05) is 32.3 Å². The van der Waals surface area contributed by atoms with Crippen molar-refractivity contribution in [3.63, 3.8) is 0 Å². The lowest BCUT2D eigenvalue weighted by Crippen LogP contribution is -2.40. The van der Waals surface area contributed by atoms with Crippen LogP contribution < -0.4 is 0 Å². The molecule has 134 valence electrons. The lowest BCUT2D eigenvalue weighted by Gasteiger charge is -2.31. The third-order valence-corrected chi connectivity index (χ3v) is 5.16. The molecule has 2 aromatic rings. The molecule has 25 heavy (non-hydrogen) atoms. The van der Waals surface area contributed by atoms with Crippen LogP contribution in [-0.4, -0.2) is 46.9 Å². The van der Waals surface area contributed by atoms with Gasteiger partial charge in [0.1, 0.15) is 0 Å². The Bertz CT molecular complexity index is 716. The molecule has 2 heterocycles. The number of piperidine rings is 1. The quantitative estimate of drug-likeness (QED) is 0.840. The van der Waals surface area contributed by atoms with Crippen LogP contribution in [0, 0.1) is 13.8 Å². The van der Waals surface area contributed by atoms with Gasteiger partial charge in [-0.25, -0.2) is 4.68 Å². The van der Waals surface area contributed by atoms with Gasteiger partial charge in [0.2, 0.25) is 5.91 Å². The van der Waals surface area contributed by atoms with E-state index in [0.717, 1.165) is 49.4 Å². The number of para-hydroxylation sites is 1. The van der Waals surface area contributed by atoms with E-state index in [0.29, 0.717) is 12.5 Å². The first kappa shape index (κ1) is 17.7. The van der Waals surface area contributed by atoms with Gasteiger partial charge in [0.15, 0.2) is 0 Å². The zero-order valence-corrected chi connectivity index (χ0v) is 15.4. The van der Waals surface area contributed by atoms with Crippen molar-refractivity contribution >= 4 is 5.91 Å². The molecular weight excluding hydrogens is 314 g/mol. The number of ether oxygens (including phenoxy) is 1. The van der Waals surface area contributed by atoms with Crippen molar-refractivity contribution in [3.8, 4) is 5.69 Å². The SMILES string of the molecule is COC1CCN(C(=O)CCc2c(C)nn(-c3ccccc3)c2C)CC1. The molecule has 0 aliphatic carbocycles. The molecule has 1 amide bonds. The highest BCUT2D eigenvalue weighted by Gasteiger charge is 2.23. The topological polar surface area (TPSA) is 47.4 Å². The van der Waals surface area contributed by atoms with E-state index < -0.39 is 0 Å². The second kappa shape index (κ2) is 7.83. The minimum atomic E-state index is 0.237. The summed E-state index contributed by atoms with van der Waals surface area (Å²) in [6.45, 7) is 5.71. The van der Waals surface area contributed by atoms with E-state index in [-0.39, 0.29) is 5.91 Å². The summed E-state index contributed by atoms with van der Waals surface area (Å²) in [6, 6.07) is 10.1. The summed E-state index contributed by atoms with van der Waals surface area (Å²) in [4.78, 5) is 14.5. The zero-order valence-electron chi connectivity index (χ0n) is 15.4. The number of nitrogens with zero attached hydrogens (tertiary/aromatic N) is 3. The summed E-state index contributed by atoms with van der Waals surface area (Å²) in [7, 11) is 1.75. The standard InChI is InChI=1S/C20H27N3O2/c1-15-19(16(2)23(21-15)17-7-5-4-6-8-17)9-10-20(24)22-13-11-18(25-3)12-14-22/h4-8,18H,9-14H2,1-3H3. The molecule has 1 aliphatic rings. The molecular formula is C20H27N3O2. The van der Waals surface area contributed by atoms with Crippen molar-refractivity contribution in [1.82, 2.24) is 14.7 Å². The minimum Gasteiger partial charge on any atom is -0.381 e. The van der Waals surface area contributed by atoms with Gasteiger partial charge < -0.3 is 9.64 Å². The lowest BCUT2D eigenvalue weighted by molar-refractivity contribution is -0.133. The van der Waals surface area contributed by atoms with Crippen LogP contribution in [0.1, 0.15) is 36.2 Å². The molecule has 0 radical (unpaired) electrons. The number of rotatable bonds is 5. The van der Waals surface area contributed by atoms with Gasteiger partial charge in [0.05, 0.1) is 17.5 Å². The van der Waals surface area contributed by atoms with E-state index in [1.165, 1.54) is 5.56 Å². The molecule has 1 fully saturated rings. The fraction of sp³-hybridized carbons (Fsp3) is 0.500. The molecule has 0 unspecified atom stereocenters. The van der Waals surface area contributed by atoms with Crippen molar-refractivity contribution in [3.05, 3.63) is 47.3 Å². The highest BCUT2D eigenvalue weighted by molar-refractivity contribution is 5.76. The van der Waals surface area contributed by atoms with Crippen LogP contribution in [0.15, 0.2) is 30.3 Å². The molecule has 1 aromatic heterocycles. The maximum Gasteiger partial charge on any atom is 0.222 e. The van der Waals surface area contributed by atoms with Gasteiger partial charge in [-0.3, -0.25) is 4.79 Å². The van der Waals surface area contributed by atoms with Gasteiger partial charge in [0.25, 0.3) is 0 Å². The Labute approximate surface area is 149 Å². The highest BCUT2D eigenvalue weighted by atomic mass is 16.5. The van der Waals surface area contributed by atoms with Crippen LogP contribution in [0.4, 0.5) is 0 Å². The number of likely N-dealkylation sites (tertiary alicyclic amines) is 1. The van der Waals surface area contributed by atoms with E-state index in [1.807, 2.05) is 46.8 Å². The summed E-state index contributed by atoms with van der Waals surface area (Å²) in [5, 5.41) is 4.67. The number of hydrogen-bond acceptors (Lipinski definition) is 3. The van der Waals surface area contributed by atoms with Crippen molar-refractivity contribution in [2.75, 3.05) is 20.2 Å². The van der Waals surface area contributed by atoms with Crippen molar-refractivity contribution < 1.29 is 9.53 Å². The van der Waals surface area contributed by atoms with Crippen molar-refractivity contribution in [2.24, 2.45) is 0 Å². The number of methoxy groups -OCH3 is 1. The smallest absolute Gasteiger partial charge is 0.222 e. The molecule has 0 spiro atoms. The summed E-state index contributed by atoms with van der Waals surface area (Å²) in [6.07, 6.45) is 3.46. The normalized spacial score (nSPS) is 15.6. The Hall–Kier alpha value is -2.14. The number of aryl methyl sites for hydroxylation is 1. The molecule has 3 rings (SSSR count). The van der Waals surface area contributed by atoms with Crippen LogP contribution in [-0.2, 0) is 16.0 Å². The van der Waals surface area contributed by atoms with E-state index >= 15 is 0 Å². The third-order valence-electron chi connectivity index (χ3n) is 5.16. The summed E-state index contributed by atoms with van der Waals surface area (Å²) < 4.78 is 7.35. The number of hydrogen-bond donors (Lipinski definition) is 0. The van der Waals surface area contributed by atoms with Gasteiger partial charge in [-0.1, -0.05) is 18.2 Å². The van der Waals surface area contributed by atoms with Crippen molar-refractivity contribution in [2.45, 2.75) is 45.6 Å². The second-order valence-electron chi connectivity index (χ2n) is 6.71. The minimum absolute atomic E-state index is 0.237. The first-order valence-corrected chi connectivity index (χ1v) is 9.01. The number of aromatic nitrogens is 2. The Morgan fingerprint density at radius 2 is 1.88 bits per heavy atom. The first-order chi connectivity index (χ1) is 12.1. The maximum atomic E-state index is 12.5. The number of amides is 1. The van der Waals surface area contributed by atoms with Gasteiger partial charge in [-0.15, -0.1) is 0 Å². The molecule has 5 nitrogen and oxygen atoms in total. The van der Waals surface area contributed by atoms with Gasteiger partial charge >= 0.3 is 0 Å². The Kier molecular flexibility index (Phi) is 5.53. The molecule has 0 saturated carbocycles. The summed E-state index contributed by atoms with van der Waals surface area (Å²) >= 11 is 0. The summed E-state index contributed by atoms with van der Waals surface area (Å²) in [5.41, 5.74) is 4.37. The molecule has 0 N–H and O–H groups in total. The molecule has 5 heteroatoms. The predicted molar refractivity (Wildman–Crippen MR) is 98.0 cm³/mol. The molecule has 0 atom stereocenters. The average Bonchev–Trinajstić information content (AvgIpc) is 2.94. The predicted octanol–water partition coefficient (Wildman–Crippen LogP) is 3.06. The van der Waals surface area contributed by atoms with E-state index in [1.54, 1.807) is 7.11 Å². The van der Waals surface area contributed by atoms with E-state index in [4.69, 9.17) is 4.74 Å². The Morgan fingerprint density at radius 3 is 2.52 bits per heavy atom. The molecule has 1 saturated heterocycles. The average molecular weight is 341 g/mol. The van der Waals surface area contributed by atoms with Crippen LogP contribution in [0.2, 0.25) is 0 Å². The molecule has 1 aromatic carbocycles. The lowest BCUT2D eigenvalue weighted by atomic mass is 10.0. The van der Waals surface area contributed by atoms with Crippen LogP contribution in [0.3, 0.4) is 0 Å². The van der Waals surface area contributed by atoms with E-state index in [9.17, 15) is 4.79 Å². The largest absolute Gasteiger partial charge is 0.381 e. The monoisotopic (exact) mass is 341 g/mol. The number of carbonyl (C=O) groups is 1.